The van der Waals surface area contributed by atoms with Crippen LogP contribution in [-0.2, 0) is 16.1 Å². The Hall–Kier alpha value is -4.49. The Morgan fingerprint density at radius 3 is 2.61 bits per heavy atom. The van der Waals surface area contributed by atoms with Crippen molar-refractivity contribution in [3.63, 3.8) is 0 Å². The number of likely N-dealkylation sites (N-methyl/N-ethyl adjacent to an activating group) is 1. The summed E-state index contributed by atoms with van der Waals surface area (Å²) in [5.74, 6) is -0.174. The first kappa shape index (κ1) is 29.5. The van der Waals surface area contributed by atoms with Crippen LogP contribution in [0.3, 0.4) is 0 Å². The number of ether oxygens (including phenoxy) is 1. The smallest absolute Gasteiger partial charge is 0.269 e. The standard InChI is InChI=1S/C28H32N8O3S2/c1-31-27(38)24(30)22(11-23(29)35-26(37)16-7-8-16)34-20-6-4-5-19(25(20)39-3)17-9-10-21(33-12-17)28(40)36(2)14-18-13-32-15-41-18/h4-6,9-13,15-16,34H,7-8,14,29-30H2,1-3H3,(H,31,38)(H,35,37)/b23-11+,24-22+. The fraction of sp³-hybridized carbons (Fsp3) is 0.250. The number of para-hydroxylation sites is 1. The highest BCUT2D eigenvalue weighted by atomic mass is 32.1. The van der Waals surface area contributed by atoms with E-state index in [-0.39, 0.29) is 29.0 Å². The third kappa shape index (κ3) is 7.38. The number of amides is 2. The number of nitrogens with zero attached hydrogens (tertiary/aromatic N) is 3. The Labute approximate surface area is 247 Å². The van der Waals surface area contributed by atoms with Crippen molar-refractivity contribution in [1.82, 2.24) is 25.5 Å². The van der Waals surface area contributed by atoms with Gasteiger partial charge in [0.2, 0.25) is 5.91 Å². The average molecular weight is 593 g/mol. The molecule has 1 aromatic carbocycles. The Morgan fingerprint density at radius 2 is 2.00 bits per heavy atom. The molecule has 0 atom stereocenters. The van der Waals surface area contributed by atoms with Gasteiger partial charge in [-0.1, -0.05) is 30.4 Å². The van der Waals surface area contributed by atoms with Crippen LogP contribution in [0.25, 0.3) is 11.1 Å². The highest BCUT2D eigenvalue weighted by molar-refractivity contribution is 7.80. The molecule has 11 nitrogen and oxygen atoms in total. The number of aromatic nitrogens is 2. The molecule has 214 valence electrons. The third-order valence-electron chi connectivity index (χ3n) is 6.28. The van der Waals surface area contributed by atoms with Crippen LogP contribution in [-0.4, -0.2) is 52.9 Å². The molecule has 13 heteroatoms. The fourth-order valence-electron chi connectivity index (χ4n) is 3.95. The molecule has 0 unspecified atom stereocenters. The van der Waals surface area contributed by atoms with E-state index in [0.29, 0.717) is 28.7 Å². The monoisotopic (exact) mass is 592 g/mol. The first-order chi connectivity index (χ1) is 19.7. The molecule has 0 radical (unpaired) electrons. The summed E-state index contributed by atoms with van der Waals surface area (Å²) in [6, 6.07) is 9.27. The van der Waals surface area contributed by atoms with E-state index in [2.05, 4.69) is 25.9 Å². The van der Waals surface area contributed by atoms with Crippen LogP contribution in [0.2, 0.25) is 0 Å². The molecule has 1 aliphatic carbocycles. The van der Waals surface area contributed by atoms with Gasteiger partial charge in [-0.3, -0.25) is 19.6 Å². The zero-order valence-electron chi connectivity index (χ0n) is 22.9. The highest BCUT2D eigenvalue weighted by Gasteiger charge is 2.29. The van der Waals surface area contributed by atoms with Gasteiger partial charge in [-0.05, 0) is 25.0 Å². The van der Waals surface area contributed by atoms with Crippen LogP contribution in [0.1, 0.15) is 23.4 Å². The summed E-state index contributed by atoms with van der Waals surface area (Å²) < 4.78 is 5.77. The molecular weight excluding hydrogens is 560 g/mol. The second-order valence-electron chi connectivity index (χ2n) is 9.34. The number of pyridine rings is 1. The van der Waals surface area contributed by atoms with Crippen molar-refractivity contribution in [3.8, 4) is 16.9 Å². The molecule has 4 rings (SSSR count). The number of anilines is 1. The third-order valence-corrected chi connectivity index (χ3v) is 7.57. The summed E-state index contributed by atoms with van der Waals surface area (Å²) in [6.45, 7) is 0.646. The van der Waals surface area contributed by atoms with E-state index >= 15 is 0 Å². The summed E-state index contributed by atoms with van der Waals surface area (Å²) in [7, 11) is 4.93. The molecule has 0 bridgehead atoms. The van der Waals surface area contributed by atoms with Gasteiger partial charge >= 0.3 is 0 Å². The summed E-state index contributed by atoms with van der Waals surface area (Å²) in [6.07, 6.45) is 6.62. The topological polar surface area (TPSA) is 161 Å². The number of allylic oxidation sites excluding steroid dienone is 1. The van der Waals surface area contributed by atoms with Crippen LogP contribution in [0.15, 0.2) is 71.5 Å². The normalized spacial score (nSPS) is 13.6. The van der Waals surface area contributed by atoms with Gasteiger partial charge in [0.05, 0.1) is 36.2 Å². The molecule has 1 saturated carbocycles. The van der Waals surface area contributed by atoms with E-state index in [1.54, 1.807) is 36.2 Å². The highest BCUT2D eigenvalue weighted by Crippen LogP contribution is 2.37. The molecule has 3 aromatic rings. The minimum Gasteiger partial charge on any atom is -0.494 e. The largest absolute Gasteiger partial charge is 0.494 e. The lowest BCUT2D eigenvalue weighted by Gasteiger charge is -2.19. The minimum absolute atomic E-state index is 0.0385. The Bertz CT molecular complexity index is 1480. The molecule has 2 amide bonds. The number of carbonyl (C=O) groups excluding carboxylic acids is 2. The SMILES string of the molecule is CNC(=O)/C(N)=C(/C=C(\N)NC(=O)C1CC1)Nc1cccc(-c2ccc(C(=S)N(C)Cc3cncs3)nc2)c1OC. The van der Waals surface area contributed by atoms with Crippen molar-refractivity contribution in [3.05, 3.63) is 82.1 Å². The van der Waals surface area contributed by atoms with E-state index in [1.807, 2.05) is 42.4 Å². The summed E-state index contributed by atoms with van der Waals surface area (Å²) in [5.41, 5.74) is 16.8. The number of hydrogen-bond donors (Lipinski definition) is 5. The lowest BCUT2D eigenvalue weighted by molar-refractivity contribution is -0.121. The number of thiocarbonyl (C=S) groups is 1. The second-order valence-corrected chi connectivity index (χ2v) is 10.7. The van der Waals surface area contributed by atoms with Crippen LogP contribution in [0.5, 0.6) is 5.75 Å². The number of methoxy groups -OCH3 is 1. The number of hydrogen-bond acceptors (Lipinski definition) is 10. The molecule has 41 heavy (non-hydrogen) atoms. The predicted octanol–water partition coefficient (Wildman–Crippen LogP) is 2.68. The van der Waals surface area contributed by atoms with Crippen LogP contribution >= 0.6 is 23.6 Å². The summed E-state index contributed by atoms with van der Waals surface area (Å²) in [4.78, 5) is 36.9. The molecule has 0 spiro atoms. The van der Waals surface area contributed by atoms with Crippen molar-refractivity contribution >= 4 is 46.0 Å². The summed E-state index contributed by atoms with van der Waals surface area (Å²) >= 11 is 7.22. The number of rotatable bonds is 11. The number of nitrogens with two attached hydrogens (primary N) is 2. The second kappa shape index (κ2) is 13.2. The van der Waals surface area contributed by atoms with Gasteiger partial charge in [0.15, 0.2) is 0 Å². The number of benzene rings is 1. The van der Waals surface area contributed by atoms with Gasteiger partial charge in [0.1, 0.15) is 22.3 Å². The van der Waals surface area contributed by atoms with Gasteiger partial charge in [-0.15, -0.1) is 11.3 Å². The zero-order valence-corrected chi connectivity index (χ0v) is 24.6. The average Bonchev–Trinajstić information content (AvgIpc) is 3.72. The molecule has 2 aromatic heterocycles. The minimum atomic E-state index is -0.517. The quantitative estimate of drug-likeness (QED) is 0.127. The van der Waals surface area contributed by atoms with Crippen LogP contribution in [0, 0.1) is 5.92 Å². The van der Waals surface area contributed by atoms with E-state index in [0.717, 1.165) is 28.8 Å². The van der Waals surface area contributed by atoms with E-state index in [4.69, 9.17) is 28.4 Å². The molecule has 2 heterocycles. The Balaban J connectivity index is 1.59. The summed E-state index contributed by atoms with van der Waals surface area (Å²) in [5, 5.41) is 8.30. The lowest BCUT2D eigenvalue weighted by atomic mass is 10.0. The van der Waals surface area contributed by atoms with Gasteiger partial charge in [-0.2, -0.15) is 0 Å². The number of nitrogens with one attached hydrogen (secondary N) is 3. The Kier molecular flexibility index (Phi) is 9.53. The predicted molar refractivity (Wildman–Crippen MR) is 164 cm³/mol. The number of thiazole rings is 1. The van der Waals surface area contributed by atoms with E-state index < -0.39 is 5.91 Å². The molecule has 7 N–H and O–H groups in total. The lowest BCUT2D eigenvalue weighted by Crippen LogP contribution is -2.31. The van der Waals surface area contributed by atoms with Gasteiger partial charge in [0, 0.05) is 54.5 Å². The first-order valence-electron chi connectivity index (χ1n) is 12.7. The van der Waals surface area contributed by atoms with Crippen LogP contribution in [0.4, 0.5) is 5.69 Å². The van der Waals surface area contributed by atoms with Crippen molar-refractivity contribution < 1.29 is 14.3 Å². The van der Waals surface area contributed by atoms with E-state index in [1.165, 1.54) is 13.1 Å². The maximum atomic E-state index is 12.4. The van der Waals surface area contributed by atoms with Crippen LogP contribution < -0.4 is 32.2 Å². The number of carbonyl (C=O) groups is 2. The van der Waals surface area contributed by atoms with Crippen molar-refractivity contribution in [1.29, 1.82) is 0 Å². The van der Waals surface area contributed by atoms with Gasteiger partial charge < -0.3 is 37.1 Å². The van der Waals surface area contributed by atoms with Crippen molar-refractivity contribution in [2.24, 2.45) is 17.4 Å². The zero-order chi connectivity index (χ0) is 29.5. The van der Waals surface area contributed by atoms with Gasteiger partial charge in [0.25, 0.3) is 5.91 Å². The van der Waals surface area contributed by atoms with Crippen molar-refractivity contribution in [2.75, 3.05) is 26.5 Å². The van der Waals surface area contributed by atoms with Gasteiger partial charge in [-0.25, -0.2) is 0 Å². The maximum absolute atomic E-state index is 12.4. The molecular formula is C28H32N8O3S2. The molecule has 0 aliphatic heterocycles. The molecule has 1 aliphatic rings. The molecule has 0 saturated heterocycles. The maximum Gasteiger partial charge on any atom is 0.269 e. The Morgan fingerprint density at radius 1 is 1.22 bits per heavy atom. The fourth-order valence-corrected chi connectivity index (χ4v) is 4.78. The van der Waals surface area contributed by atoms with Crippen molar-refractivity contribution in [2.45, 2.75) is 19.4 Å². The molecule has 1 fully saturated rings. The van der Waals surface area contributed by atoms with E-state index in [9.17, 15) is 9.59 Å². The first-order valence-corrected chi connectivity index (χ1v) is 14.0.